The summed E-state index contributed by atoms with van der Waals surface area (Å²) in [5.74, 6) is 0.871. The summed E-state index contributed by atoms with van der Waals surface area (Å²) in [6.07, 6.45) is 3.40. The molecule has 1 aliphatic rings. The lowest BCUT2D eigenvalue weighted by molar-refractivity contribution is 0.389. The minimum absolute atomic E-state index is 0.457. The Morgan fingerprint density at radius 1 is 1.04 bits per heavy atom. The first-order chi connectivity index (χ1) is 11.9. The first-order valence-electron chi connectivity index (χ1n) is 8.05. The number of aromatic nitrogens is 1. The number of hydrogen-bond donors (Lipinski definition) is 0. The van der Waals surface area contributed by atoms with Gasteiger partial charge in [0.1, 0.15) is 5.82 Å². The Kier molecular flexibility index (Phi) is 5.56. The van der Waals surface area contributed by atoms with Crippen LogP contribution in [-0.4, -0.2) is 43.9 Å². The number of anilines is 1. The number of pyridine rings is 1. The van der Waals surface area contributed by atoms with E-state index < -0.39 is 10.0 Å². The van der Waals surface area contributed by atoms with Crippen LogP contribution in [0.1, 0.15) is 11.1 Å². The molecule has 2 heterocycles. The Bertz CT molecular complexity index is 841. The molecule has 1 saturated heterocycles. The van der Waals surface area contributed by atoms with Gasteiger partial charge in [-0.3, -0.25) is 0 Å². The third kappa shape index (κ3) is 4.68. The number of piperazine rings is 1. The van der Waals surface area contributed by atoms with Crippen LogP contribution in [0.4, 0.5) is 5.82 Å². The van der Waals surface area contributed by atoms with Crippen molar-refractivity contribution in [2.45, 2.75) is 6.92 Å². The fourth-order valence-corrected chi connectivity index (χ4v) is 4.06. The lowest BCUT2D eigenvalue weighted by atomic mass is 10.2. The van der Waals surface area contributed by atoms with E-state index >= 15 is 0 Å². The Hall–Kier alpha value is -1.70. The molecule has 3 rings (SSSR count). The monoisotopic (exact) mass is 421 g/mol. The summed E-state index contributed by atoms with van der Waals surface area (Å²) >= 11 is 3.37. The molecule has 7 heteroatoms. The molecule has 1 aliphatic heterocycles. The molecule has 132 valence electrons. The summed E-state index contributed by atoms with van der Waals surface area (Å²) < 4.78 is 27.5. The summed E-state index contributed by atoms with van der Waals surface area (Å²) in [4.78, 5) is 6.47. The van der Waals surface area contributed by atoms with E-state index in [9.17, 15) is 8.42 Å². The second kappa shape index (κ2) is 7.68. The van der Waals surface area contributed by atoms with Gasteiger partial charge in [0.2, 0.25) is 10.0 Å². The minimum Gasteiger partial charge on any atom is -0.354 e. The molecule has 1 fully saturated rings. The van der Waals surface area contributed by atoms with Crippen molar-refractivity contribution in [2.24, 2.45) is 0 Å². The average Bonchev–Trinajstić information content (AvgIpc) is 2.62. The van der Waals surface area contributed by atoms with E-state index in [1.165, 1.54) is 9.71 Å². The highest BCUT2D eigenvalue weighted by molar-refractivity contribution is 9.10. The maximum Gasteiger partial charge on any atom is 0.236 e. The molecule has 5 nitrogen and oxygen atoms in total. The van der Waals surface area contributed by atoms with Gasteiger partial charge in [-0.1, -0.05) is 29.8 Å². The number of nitrogens with zero attached hydrogens (tertiary/aromatic N) is 3. The van der Waals surface area contributed by atoms with Gasteiger partial charge >= 0.3 is 0 Å². The largest absolute Gasteiger partial charge is 0.354 e. The average molecular weight is 422 g/mol. The van der Waals surface area contributed by atoms with E-state index in [4.69, 9.17) is 0 Å². The fourth-order valence-electron chi connectivity index (χ4n) is 2.65. The molecule has 0 saturated carbocycles. The third-order valence-electron chi connectivity index (χ3n) is 4.14. The Labute approximate surface area is 157 Å². The van der Waals surface area contributed by atoms with E-state index in [1.54, 1.807) is 12.3 Å². The van der Waals surface area contributed by atoms with Gasteiger partial charge in [-0.05, 0) is 46.6 Å². The number of sulfonamides is 1. The zero-order valence-corrected chi connectivity index (χ0v) is 16.4. The predicted octanol–water partition coefficient (Wildman–Crippen LogP) is 3.28. The summed E-state index contributed by atoms with van der Waals surface area (Å²) in [5, 5.41) is 1.30. The molecule has 0 N–H and O–H groups in total. The fraction of sp³-hybridized carbons (Fsp3) is 0.278. The standard InChI is InChI=1S/C18H20BrN3O2S/c1-15-2-4-16(5-3-15)8-13-25(23,24)22-11-9-21(10-12-22)18-7-6-17(19)14-20-18/h2-8,13-14H,9-12H2,1H3. The van der Waals surface area contributed by atoms with E-state index in [2.05, 4.69) is 25.8 Å². The van der Waals surface area contributed by atoms with Crippen molar-refractivity contribution in [3.8, 4) is 0 Å². The molecule has 0 spiro atoms. The van der Waals surface area contributed by atoms with Crippen LogP contribution >= 0.6 is 15.9 Å². The number of hydrogen-bond acceptors (Lipinski definition) is 4. The minimum atomic E-state index is -3.41. The molecule has 0 unspecified atom stereocenters. The van der Waals surface area contributed by atoms with Gasteiger partial charge in [0.05, 0.1) is 0 Å². The molecule has 1 aromatic heterocycles. The first-order valence-corrected chi connectivity index (χ1v) is 10.3. The smallest absolute Gasteiger partial charge is 0.236 e. The summed E-state index contributed by atoms with van der Waals surface area (Å²) in [6.45, 7) is 4.18. The number of halogens is 1. The lowest BCUT2D eigenvalue weighted by Gasteiger charge is -2.34. The zero-order chi connectivity index (χ0) is 17.9. The first kappa shape index (κ1) is 18.1. The molecule has 0 bridgehead atoms. The van der Waals surface area contributed by atoms with Gasteiger partial charge in [-0.2, -0.15) is 4.31 Å². The van der Waals surface area contributed by atoms with Crippen molar-refractivity contribution in [3.63, 3.8) is 0 Å². The molecule has 1 aromatic carbocycles. The number of benzene rings is 1. The molecule has 0 aliphatic carbocycles. The van der Waals surface area contributed by atoms with Gasteiger partial charge < -0.3 is 4.90 Å². The van der Waals surface area contributed by atoms with Gasteiger partial charge in [0, 0.05) is 42.3 Å². The number of aryl methyl sites for hydroxylation is 1. The molecule has 25 heavy (non-hydrogen) atoms. The van der Waals surface area contributed by atoms with Crippen LogP contribution in [0.15, 0.2) is 52.5 Å². The van der Waals surface area contributed by atoms with Crippen molar-refractivity contribution in [3.05, 3.63) is 63.6 Å². The van der Waals surface area contributed by atoms with Crippen LogP contribution in [0.25, 0.3) is 6.08 Å². The van der Waals surface area contributed by atoms with Crippen LogP contribution in [0, 0.1) is 6.92 Å². The SMILES string of the molecule is Cc1ccc(C=CS(=O)(=O)N2CCN(c3ccc(Br)cn3)CC2)cc1. The van der Waals surface area contributed by atoms with Gasteiger partial charge in [-0.15, -0.1) is 0 Å². The van der Waals surface area contributed by atoms with E-state index in [0.29, 0.717) is 26.2 Å². The highest BCUT2D eigenvalue weighted by Gasteiger charge is 2.25. The third-order valence-corrected chi connectivity index (χ3v) is 6.18. The van der Waals surface area contributed by atoms with Crippen molar-refractivity contribution in [2.75, 3.05) is 31.1 Å². The topological polar surface area (TPSA) is 53.5 Å². The van der Waals surface area contributed by atoms with Crippen LogP contribution in [-0.2, 0) is 10.0 Å². The van der Waals surface area contributed by atoms with Crippen LogP contribution in [0.5, 0.6) is 0 Å². The quantitative estimate of drug-likeness (QED) is 0.759. The highest BCUT2D eigenvalue weighted by atomic mass is 79.9. The van der Waals surface area contributed by atoms with Crippen molar-refractivity contribution in [1.29, 1.82) is 0 Å². The lowest BCUT2D eigenvalue weighted by Crippen LogP contribution is -2.48. The molecular formula is C18H20BrN3O2S. The summed E-state index contributed by atoms with van der Waals surface area (Å²) in [6, 6.07) is 11.6. The Morgan fingerprint density at radius 3 is 2.32 bits per heavy atom. The van der Waals surface area contributed by atoms with Crippen LogP contribution < -0.4 is 4.90 Å². The van der Waals surface area contributed by atoms with Gasteiger partial charge in [0.25, 0.3) is 0 Å². The predicted molar refractivity (Wildman–Crippen MR) is 105 cm³/mol. The van der Waals surface area contributed by atoms with E-state index in [-0.39, 0.29) is 0 Å². The second-order valence-electron chi connectivity index (χ2n) is 5.98. The maximum atomic E-state index is 12.5. The normalized spacial score (nSPS) is 16.5. The van der Waals surface area contributed by atoms with E-state index in [0.717, 1.165) is 21.4 Å². The van der Waals surface area contributed by atoms with Gasteiger partial charge in [-0.25, -0.2) is 13.4 Å². The molecule has 0 radical (unpaired) electrons. The van der Waals surface area contributed by atoms with Crippen LogP contribution in [0.2, 0.25) is 0 Å². The second-order valence-corrected chi connectivity index (χ2v) is 8.71. The number of rotatable bonds is 4. The summed E-state index contributed by atoms with van der Waals surface area (Å²) in [7, 11) is -3.41. The molecule has 0 amide bonds. The maximum absolute atomic E-state index is 12.5. The zero-order valence-electron chi connectivity index (χ0n) is 14.0. The Morgan fingerprint density at radius 2 is 1.72 bits per heavy atom. The Balaban J connectivity index is 1.63. The van der Waals surface area contributed by atoms with Crippen molar-refractivity contribution in [1.82, 2.24) is 9.29 Å². The van der Waals surface area contributed by atoms with Crippen molar-refractivity contribution < 1.29 is 8.42 Å². The summed E-state index contributed by atoms with van der Waals surface area (Å²) in [5.41, 5.74) is 2.03. The van der Waals surface area contributed by atoms with E-state index in [1.807, 2.05) is 43.3 Å². The molecular weight excluding hydrogens is 402 g/mol. The van der Waals surface area contributed by atoms with Gasteiger partial charge in [0.15, 0.2) is 0 Å². The van der Waals surface area contributed by atoms with Crippen molar-refractivity contribution >= 4 is 37.8 Å². The molecule has 2 aromatic rings. The van der Waals surface area contributed by atoms with Crippen LogP contribution in [0.3, 0.4) is 0 Å². The molecule has 0 atom stereocenters. The highest BCUT2D eigenvalue weighted by Crippen LogP contribution is 2.18.